The van der Waals surface area contributed by atoms with E-state index in [1.54, 1.807) is 35.2 Å². The summed E-state index contributed by atoms with van der Waals surface area (Å²) in [6, 6.07) is 21.7. The zero-order chi connectivity index (χ0) is 33.2. The summed E-state index contributed by atoms with van der Waals surface area (Å²) in [5.74, 6) is -0.854. The fourth-order valence-electron chi connectivity index (χ4n) is 6.14. The van der Waals surface area contributed by atoms with Gasteiger partial charge in [0.1, 0.15) is 17.8 Å². The van der Waals surface area contributed by atoms with E-state index in [0.717, 1.165) is 36.0 Å². The first-order valence-corrected chi connectivity index (χ1v) is 18.0. The van der Waals surface area contributed by atoms with Crippen LogP contribution in [0.25, 0.3) is 0 Å². The van der Waals surface area contributed by atoms with Crippen molar-refractivity contribution in [1.29, 1.82) is 0 Å². The van der Waals surface area contributed by atoms with E-state index in [0.29, 0.717) is 37.4 Å². The van der Waals surface area contributed by atoms with Crippen LogP contribution in [0, 0.1) is 12.8 Å². The van der Waals surface area contributed by atoms with Gasteiger partial charge in [0, 0.05) is 19.6 Å². The Morgan fingerprint density at radius 2 is 1.64 bits per heavy atom. The van der Waals surface area contributed by atoms with Gasteiger partial charge in [-0.15, -0.1) is 0 Å². The summed E-state index contributed by atoms with van der Waals surface area (Å²) in [5.41, 5.74) is 3.43. The Morgan fingerprint density at radius 1 is 0.915 bits per heavy atom. The number of rotatable bonds is 7. The van der Waals surface area contributed by atoms with Gasteiger partial charge >= 0.3 is 0 Å². The van der Waals surface area contributed by atoms with Crippen LogP contribution in [0.4, 0.5) is 0 Å². The average Bonchev–Trinajstić information content (AvgIpc) is 3.06. The van der Waals surface area contributed by atoms with Crippen LogP contribution in [-0.2, 0) is 43.1 Å². The van der Waals surface area contributed by atoms with Crippen molar-refractivity contribution in [1.82, 2.24) is 20.3 Å². The van der Waals surface area contributed by atoms with Crippen molar-refractivity contribution in [2.24, 2.45) is 5.92 Å². The van der Waals surface area contributed by atoms with Crippen LogP contribution in [0.2, 0.25) is 0 Å². The van der Waals surface area contributed by atoms with Crippen LogP contribution in [0.1, 0.15) is 54.4 Å². The molecule has 2 aliphatic rings. The number of sulfonamides is 1. The van der Waals surface area contributed by atoms with Gasteiger partial charge in [-0.25, -0.2) is 13.1 Å². The van der Waals surface area contributed by atoms with E-state index in [1.165, 1.54) is 0 Å². The molecule has 2 aliphatic heterocycles. The van der Waals surface area contributed by atoms with Crippen LogP contribution in [0.3, 0.4) is 0 Å². The van der Waals surface area contributed by atoms with Crippen molar-refractivity contribution < 1.29 is 27.5 Å². The Morgan fingerprint density at radius 3 is 2.38 bits per heavy atom. The molecular weight excluding hydrogens is 616 g/mol. The number of benzene rings is 3. The first kappa shape index (κ1) is 34.1. The molecule has 0 saturated carbocycles. The lowest BCUT2D eigenvalue weighted by atomic mass is 9.94. The third-order valence-corrected chi connectivity index (χ3v) is 10.2. The van der Waals surface area contributed by atoms with Crippen LogP contribution in [0.15, 0.2) is 78.9 Å². The van der Waals surface area contributed by atoms with E-state index in [2.05, 4.69) is 15.4 Å². The largest absolute Gasteiger partial charge is 0.494 e. The lowest BCUT2D eigenvalue weighted by Crippen LogP contribution is -2.55. The molecule has 11 heteroatoms. The van der Waals surface area contributed by atoms with E-state index < -0.39 is 33.9 Å². The van der Waals surface area contributed by atoms with Crippen molar-refractivity contribution >= 4 is 27.7 Å². The second-order valence-corrected chi connectivity index (χ2v) is 14.2. The van der Waals surface area contributed by atoms with Gasteiger partial charge in [0.2, 0.25) is 27.7 Å². The first-order valence-electron chi connectivity index (χ1n) is 16.3. The zero-order valence-corrected chi connectivity index (χ0v) is 27.6. The van der Waals surface area contributed by atoms with Gasteiger partial charge in [0.15, 0.2) is 0 Å². The Labute approximate surface area is 277 Å². The van der Waals surface area contributed by atoms with Crippen molar-refractivity contribution in [3.05, 3.63) is 101 Å². The fourth-order valence-corrected chi connectivity index (χ4v) is 7.48. The summed E-state index contributed by atoms with van der Waals surface area (Å²) in [5, 5.41) is 5.76. The van der Waals surface area contributed by atoms with Crippen LogP contribution in [-0.4, -0.2) is 62.8 Å². The van der Waals surface area contributed by atoms with Gasteiger partial charge in [0.05, 0.1) is 18.8 Å². The molecule has 2 heterocycles. The van der Waals surface area contributed by atoms with E-state index in [1.807, 2.05) is 55.5 Å². The maximum atomic E-state index is 13.9. The predicted molar refractivity (Wildman–Crippen MR) is 180 cm³/mol. The summed E-state index contributed by atoms with van der Waals surface area (Å²) in [6.07, 6.45) is 2.92. The molecule has 0 aliphatic carbocycles. The number of aryl methyl sites for hydroxylation is 2. The molecule has 47 heavy (non-hydrogen) atoms. The van der Waals surface area contributed by atoms with E-state index >= 15 is 0 Å². The van der Waals surface area contributed by atoms with Crippen molar-refractivity contribution in [2.45, 2.75) is 69.8 Å². The van der Waals surface area contributed by atoms with Crippen molar-refractivity contribution in [3.8, 4) is 5.75 Å². The highest BCUT2D eigenvalue weighted by molar-refractivity contribution is 7.88. The Kier molecular flexibility index (Phi) is 11.7. The van der Waals surface area contributed by atoms with Gasteiger partial charge in [-0.1, -0.05) is 66.7 Å². The molecule has 5 rings (SSSR count). The molecule has 250 valence electrons. The minimum absolute atomic E-state index is 0.222. The van der Waals surface area contributed by atoms with Crippen molar-refractivity contribution in [3.63, 3.8) is 0 Å². The number of fused-ring (bicyclic) bond motifs is 4. The molecule has 0 aromatic heterocycles. The summed E-state index contributed by atoms with van der Waals surface area (Å²) < 4.78 is 35.2. The SMILES string of the molecule is Cc1ccc2cc1CNC(=O)[C@H](CCc1ccccc1)NC(=O)[C@@H](NS(=O)(=O)Cc1ccccc1)CC(=O)N1CCCC(CCO2)C1. The molecule has 3 aromatic rings. The number of amides is 3. The number of ether oxygens (including phenoxy) is 1. The summed E-state index contributed by atoms with van der Waals surface area (Å²) >= 11 is 0. The fraction of sp³-hybridized carbons (Fsp3) is 0.417. The Bertz CT molecular complexity index is 1630. The number of carbonyl (C=O) groups is 3. The van der Waals surface area contributed by atoms with Gasteiger partial charge in [0.25, 0.3) is 0 Å². The van der Waals surface area contributed by atoms with E-state index in [9.17, 15) is 22.8 Å². The summed E-state index contributed by atoms with van der Waals surface area (Å²) in [4.78, 5) is 42.9. The number of hydrogen-bond acceptors (Lipinski definition) is 6. The number of nitrogens with zero attached hydrogens (tertiary/aromatic N) is 1. The number of hydrogen-bond donors (Lipinski definition) is 3. The summed E-state index contributed by atoms with van der Waals surface area (Å²) in [6.45, 7) is 3.71. The number of nitrogens with one attached hydrogen (secondary N) is 3. The minimum atomic E-state index is -4.03. The van der Waals surface area contributed by atoms with Crippen LogP contribution < -0.4 is 20.1 Å². The molecule has 1 unspecified atom stereocenters. The Balaban J connectivity index is 1.42. The minimum Gasteiger partial charge on any atom is -0.494 e. The van der Waals surface area contributed by atoms with Gasteiger partial charge in [-0.2, -0.15) is 0 Å². The van der Waals surface area contributed by atoms with Gasteiger partial charge in [-0.3, -0.25) is 14.4 Å². The lowest BCUT2D eigenvalue weighted by molar-refractivity contribution is -0.136. The number of piperidine rings is 1. The molecular formula is C36H44N4O6S. The van der Waals surface area contributed by atoms with Gasteiger partial charge < -0.3 is 20.3 Å². The highest BCUT2D eigenvalue weighted by Gasteiger charge is 2.33. The summed E-state index contributed by atoms with van der Waals surface area (Å²) in [7, 11) is -4.03. The third kappa shape index (κ3) is 10.1. The van der Waals surface area contributed by atoms with Crippen molar-refractivity contribution in [2.75, 3.05) is 19.7 Å². The molecule has 3 amide bonds. The quantitative estimate of drug-likeness (QED) is 0.355. The van der Waals surface area contributed by atoms with E-state index in [-0.39, 0.29) is 37.0 Å². The second-order valence-electron chi connectivity index (χ2n) is 12.5. The van der Waals surface area contributed by atoms with Crippen LogP contribution in [0.5, 0.6) is 5.75 Å². The molecule has 10 nitrogen and oxygen atoms in total. The maximum Gasteiger partial charge on any atom is 0.242 e. The monoisotopic (exact) mass is 660 g/mol. The topological polar surface area (TPSA) is 134 Å². The Hall–Kier alpha value is -4.22. The molecule has 0 radical (unpaired) electrons. The molecule has 0 spiro atoms. The average molecular weight is 661 g/mol. The molecule has 1 fully saturated rings. The smallest absolute Gasteiger partial charge is 0.242 e. The standard InChI is InChI=1S/C36H44N4O6S/c1-26-14-16-31-21-30(26)23-37-35(42)32(17-15-27-9-4-2-5-10-27)38-36(43)33(39-47(44,45)25-29-11-6-3-7-12-29)22-34(41)40-19-8-13-28(24-40)18-20-46-31/h2-7,9-12,14,16,21,28,32-33,39H,8,13,15,17-20,22-25H2,1H3,(H,37,42)(H,38,43)/t28?,32-,33-/m0/s1. The molecule has 3 atom stereocenters. The molecule has 4 bridgehead atoms. The number of carbonyl (C=O) groups excluding carboxylic acids is 3. The normalized spacial score (nSPS) is 21.5. The highest BCUT2D eigenvalue weighted by atomic mass is 32.2. The highest BCUT2D eigenvalue weighted by Crippen LogP contribution is 2.23. The molecule has 1 saturated heterocycles. The van der Waals surface area contributed by atoms with Crippen LogP contribution >= 0.6 is 0 Å². The van der Waals surface area contributed by atoms with Gasteiger partial charge in [-0.05, 0) is 79.3 Å². The molecule has 3 aromatic carbocycles. The zero-order valence-electron chi connectivity index (χ0n) is 26.8. The van der Waals surface area contributed by atoms with E-state index in [4.69, 9.17) is 4.74 Å². The molecule has 3 N–H and O–H groups in total. The lowest BCUT2D eigenvalue weighted by Gasteiger charge is -2.34. The predicted octanol–water partition coefficient (Wildman–Crippen LogP) is 3.63. The first-order chi connectivity index (χ1) is 22.6. The third-order valence-electron chi connectivity index (χ3n) is 8.85. The maximum absolute atomic E-state index is 13.9. The second kappa shape index (κ2) is 16.1.